The van der Waals surface area contributed by atoms with Crippen LogP contribution in [0.4, 0.5) is 13.2 Å². The molecule has 0 atom stereocenters. The second-order valence-corrected chi connectivity index (χ2v) is 3.20. The summed E-state index contributed by atoms with van der Waals surface area (Å²) in [7, 11) is 0. The number of hydrogen-bond acceptors (Lipinski definition) is 3. The van der Waals surface area contributed by atoms with Crippen molar-refractivity contribution in [2.75, 3.05) is 13.2 Å². The summed E-state index contributed by atoms with van der Waals surface area (Å²) in [5, 5.41) is -0.0183. The standard InChI is InChI=1S/C9H9ClF3NO2/c1-2-15-6-3-7(10)8(14-4-6)16-5-9(11,12)13/h3-4H,2,5H2,1H3. The van der Waals surface area contributed by atoms with Gasteiger partial charge in [0.15, 0.2) is 6.61 Å². The van der Waals surface area contributed by atoms with Crippen molar-refractivity contribution in [3.8, 4) is 11.6 Å². The molecule has 0 radical (unpaired) electrons. The zero-order valence-corrected chi connectivity index (χ0v) is 9.10. The van der Waals surface area contributed by atoms with Crippen molar-refractivity contribution in [1.82, 2.24) is 4.98 Å². The van der Waals surface area contributed by atoms with Gasteiger partial charge in [0.05, 0.1) is 12.8 Å². The number of halogens is 4. The van der Waals surface area contributed by atoms with Crippen molar-refractivity contribution >= 4 is 11.6 Å². The van der Waals surface area contributed by atoms with E-state index in [1.165, 1.54) is 12.3 Å². The van der Waals surface area contributed by atoms with E-state index < -0.39 is 12.8 Å². The van der Waals surface area contributed by atoms with Crippen molar-refractivity contribution < 1.29 is 22.6 Å². The fourth-order valence-corrected chi connectivity index (χ4v) is 1.12. The maximum absolute atomic E-state index is 11.9. The number of hydrogen-bond donors (Lipinski definition) is 0. The molecule has 1 rings (SSSR count). The number of ether oxygens (including phenoxy) is 2. The molecule has 0 saturated heterocycles. The zero-order chi connectivity index (χ0) is 12.2. The number of pyridine rings is 1. The summed E-state index contributed by atoms with van der Waals surface area (Å²) in [4.78, 5) is 3.62. The molecule has 0 N–H and O–H groups in total. The van der Waals surface area contributed by atoms with Gasteiger partial charge in [0.2, 0.25) is 5.88 Å². The second-order valence-electron chi connectivity index (χ2n) is 2.79. The second kappa shape index (κ2) is 5.25. The number of alkyl halides is 3. The molecule has 1 aromatic rings. The molecule has 0 spiro atoms. The molecule has 0 aromatic carbocycles. The molecule has 0 saturated carbocycles. The lowest BCUT2D eigenvalue weighted by molar-refractivity contribution is -0.154. The zero-order valence-electron chi connectivity index (χ0n) is 8.34. The van der Waals surface area contributed by atoms with Gasteiger partial charge in [-0.1, -0.05) is 11.6 Å². The Bertz CT molecular complexity index is 357. The molecular weight excluding hydrogens is 247 g/mol. The molecule has 0 bridgehead atoms. The molecule has 1 heterocycles. The van der Waals surface area contributed by atoms with Crippen LogP contribution in [0.5, 0.6) is 11.6 Å². The van der Waals surface area contributed by atoms with E-state index in [1.807, 2.05) is 0 Å². The minimum atomic E-state index is -4.41. The molecule has 1 aromatic heterocycles. The van der Waals surface area contributed by atoms with Crippen LogP contribution in [0, 0.1) is 0 Å². The predicted molar refractivity (Wildman–Crippen MR) is 52.0 cm³/mol. The molecule has 0 fully saturated rings. The van der Waals surface area contributed by atoms with Gasteiger partial charge in [0.1, 0.15) is 10.8 Å². The summed E-state index contributed by atoms with van der Waals surface area (Å²) in [5.41, 5.74) is 0. The highest BCUT2D eigenvalue weighted by Gasteiger charge is 2.29. The van der Waals surface area contributed by atoms with Crippen molar-refractivity contribution in [2.24, 2.45) is 0 Å². The maximum Gasteiger partial charge on any atom is 0.422 e. The van der Waals surface area contributed by atoms with E-state index in [4.69, 9.17) is 16.3 Å². The quantitative estimate of drug-likeness (QED) is 0.829. The maximum atomic E-state index is 11.9. The van der Waals surface area contributed by atoms with Crippen LogP contribution in [0.25, 0.3) is 0 Å². The van der Waals surface area contributed by atoms with Gasteiger partial charge >= 0.3 is 6.18 Å². The summed E-state index contributed by atoms with van der Waals surface area (Å²) < 4.78 is 45.0. The van der Waals surface area contributed by atoms with Crippen LogP contribution >= 0.6 is 11.6 Å². The summed E-state index contributed by atoms with van der Waals surface area (Å²) in [6.45, 7) is 0.760. The summed E-state index contributed by atoms with van der Waals surface area (Å²) in [6, 6.07) is 1.35. The Morgan fingerprint density at radius 3 is 2.56 bits per heavy atom. The predicted octanol–water partition coefficient (Wildman–Crippen LogP) is 3.07. The van der Waals surface area contributed by atoms with Crippen LogP contribution in [0.1, 0.15) is 6.92 Å². The molecule has 0 aliphatic carbocycles. The van der Waals surface area contributed by atoms with Crippen LogP contribution in [0.2, 0.25) is 5.02 Å². The molecular formula is C9H9ClF3NO2. The number of nitrogens with zero attached hydrogens (tertiary/aromatic N) is 1. The molecule has 0 amide bonds. The average Bonchev–Trinajstić information content (AvgIpc) is 2.15. The monoisotopic (exact) mass is 255 g/mol. The van der Waals surface area contributed by atoms with Crippen molar-refractivity contribution in [3.05, 3.63) is 17.3 Å². The normalized spacial score (nSPS) is 11.3. The molecule has 16 heavy (non-hydrogen) atoms. The highest BCUT2D eigenvalue weighted by atomic mass is 35.5. The highest BCUT2D eigenvalue weighted by molar-refractivity contribution is 6.31. The van der Waals surface area contributed by atoms with Crippen molar-refractivity contribution in [1.29, 1.82) is 0 Å². The summed E-state index contributed by atoms with van der Waals surface area (Å²) in [6.07, 6.45) is -3.16. The Balaban J connectivity index is 2.68. The Morgan fingerprint density at radius 1 is 1.38 bits per heavy atom. The van der Waals surface area contributed by atoms with E-state index in [-0.39, 0.29) is 10.9 Å². The first kappa shape index (κ1) is 12.9. The van der Waals surface area contributed by atoms with E-state index in [1.54, 1.807) is 6.92 Å². The van der Waals surface area contributed by atoms with Crippen LogP contribution < -0.4 is 9.47 Å². The van der Waals surface area contributed by atoms with Gasteiger partial charge in [-0.25, -0.2) is 4.98 Å². The Kier molecular flexibility index (Phi) is 4.23. The molecule has 3 nitrogen and oxygen atoms in total. The summed E-state index contributed by atoms with van der Waals surface area (Å²) in [5.74, 6) is 0.120. The van der Waals surface area contributed by atoms with Crippen LogP contribution in [-0.2, 0) is 0 Å². The topological polar surface area (TPSA) is 31.4 Å². The van der Waals surface area contributed by atoms with Crippen LogP contribution in [0.15, 0.2) is 12.3 Å². The highest BCUT2D eigenvalue weighted by Crippen LogP contribution is 2.27. The van der Waals surface area contributed by atoms with E-state index in [9.17, 15) is 13.2 Å². The first-order valence-electron chi connectivity index (χ1n) is 4.40. The first-order chi connectivity index (χ1) is 7.42. The lowest BCUT2D eigenvalue weighted by atomic mass is 10.4. The van der Waals surface area contributed by atoms with E-state index >= 15 is 0 Å². The molecule has 90 valence electrons. The largest absolute Gasteiger partial charge is 0.492 e. The fourth-order valence-electron chi connectivity index (χ4n) is 0.910. The van der Waals surface area contributed by atoms with Crippen LogP contribution in [-0.4, -0.2) is 24.4 Å². The first-order valence-corrected chi connectivity index (χ1v) is 4.78. The van der Waals surface area contributed by atoms with Gasteiger partial charge in [0.25, 0.3) is 0 Å². The SMILES string of the molecule is CCOc1cnc(OCC(F)(F)F)c(Cl)c1. The minimum absolute atomic E-state index is 0.0183. The van der Waals surface area contributed by atoms with E-state index in [2.05, 4.69) is 9.72 Å². The number of aromatic nitrogens is 1. The molecule has 7 heteroatoms. The average molecular weight is 256 g/mol. The van der Waals surface area contributed by atoms with Gasteiger partial charge in [-0.05, 0) is 6.92 Å². The smallest absolute Gasteiger partial charge is 0.422 e. The summed E-state index contributed by atoms with van der Waals surface area (Å²) >= 11 is 5.66. The third-order valence-corrected chi connectivity index (χ3v) is 1.74. The van der Waals surface area contributed by atoms with Crippen LogP contribution in [0.3, 0.4) is 0 Å². The van der Waals surface area contributed by atoms with Crippen molar-refractivity contribution in [2.45, 2.75) is 13.1 Å². The van der Waals surface area contributed by atoms with E-state index in [0.29, 0.717) is 12.4 Å². The number of rotatable bonds is 4. The third-order valence-electron chi connectivity index (χ3n) is 1.47. The van der Waals surface area contributed by atoms with E-state index in [0.717, 1.165) is 0 Å². The lowest BCUT2D eigenvalue weighted by Crippen LogP contribution is -2.19. The van der Waals surface area contributed by atoms with Gasteiger partial charge < -0.3 is 9.47 Å². The molecule has 0 aliphatic heterocycles. The van der Waals surface area contributed by atoms with Gasteiger partial charge in [-0.3, -0.25) is 0 Å². The van der Waals surface area contributed by atoms with Gasteiger partial charge in [0, 0.05) is 6.07 Å². The Morgan fingerprint density at radius 2 is 2.06 bits per heavy atom. The minimum Gasteiger partial charge on any atom is -0.492 e. The molecule has 0 unspecified atom stereocenters. The molecule has 0 aliphatic rings. The van der Waals surface area contributed by atoms with Gasteiger partial charge in [-0.15, -0.1) is 0 Å². The Labute approximate surface area is 95.1 Å². The fraction of sp³-hybridized carbons (Fsp3) is 0.444. The lowest BCUT2D eigenvalue weighted by Gasteiger charge is -2.10. The Hall–Kier alpha value is -1.17. The van der Waals surface area contributed by atoms with Crippen molar-refractivity contribution in [3.63, 3.8) is 0 Å². The van der Waals surface area contributed by atoms with Gasteiger partial charge in [-0.2, -0.15) is 13.2 Å². The third kappa shape index (κ3) is 4.14.